The maximum absolute atomic E-state index is 5.33. The minimum atomic E-state index is 0.733. The summed E-state index contributed by atoms with van der Waals surface area (Å²) >= 11 is 3.50. The molecule has 1 aromatic rings. The van der Waals surface area contributed by atoms with E-state index in [1.54, 1.807) is 14.2 Å². The lowest BCUT2D eigenvalue weighted by molar-refractivity contribution is 0.347. The first-order chi connectivity index (χ1) is 9.12. The van der Waals surface area contributed by atoms with E-state index in [0.29, 0.717) is 0 Å². The minimum Gasteiger partial charge on any atom is -0.493 e. The van der Waals surface area contributed by atoms with Crippen molar-refractivity contribution in [1.29, 1.82) is 0 Å². The van der Waals surface area contributed by atoms with E-state index < -0.39 is 0 Å². The van der Waals surface area contributed by atoms with Crippen molar-refractivity contribution < 1.29 is 9.47 Å². The van der Waals surface area contributed by atoms with Crippen LogP contribution in [0.4, 0.5) is 0 Å². The van der Waals surface area contributed by atoms with Crippen molar-refractivity contribution in [1.82, 2.24) is 10.2 Å². The number of rotatable bonds is 8. The Morgan fingerprint density at radius 1 is 1.26 bits per heavy atom. The molecule has 0 spiro atoms. The highest BCUT2D eigenvalue weighted by Crippen LogP contribution is 2.36. The molecular weight excluding hydrogens is 308 g/mol. The summed E-state index contributed by atoms with van der Waals surface area (Å²) < 4.78 is 11.5. The summed E-state index contributed by atoms with van der Waals surface area (Å²) in [5.74, 6) is 1.48. The van der Waals surface area contributed by atoms with E-state index in [9.17, 15) is 0 Å². The van der Waals surface area contributed by atoms with Crippen LogP contribution in [0.1, 0.15) is 12.5 Å². The maximum atomic E-state index is 5.33. The Kier molecular flexibility index (Phi) is 7.20. The molecule has 108 valence electrons. The molecule has 1 aromatic carbocycles. The Labute approximate surface area is 124 Å². The number of hydrogen-bond acceptors (Lipinski definition) is 4. The average Bonchev–Trinajstić information content (AvgIpc) is 2.42. The van der Waals surface area contributed by atoms with Gasteiger partial charge in [0.1, 0.15) is 0 Å². The Morgan fingerprint density at radius 2 is 2.00 bits per heavy atom. The van der Waals surface area contributed by atoms with Gasteiger partial charge in [-0.1, -0.05) is 6.92 Å². The lowest BCUT2D eigenvalue weighted by atomic mass is 10.2. The van der Waals surface area contributed by atoms with Crippen molar-refractivity contribution in [2.24, 2.45) is 0 Å². The van der Waals surface area contributed by atoms with Gasteiger partial charge in [-0.3, -0.25) is 0 Å². The fourth-order valence-corrected chi connectivity index (χ4v) is 2.39. The van der Waals surface area contributed by atoms with E-state index in [2.05, 4.69) is 46.2 Å². The molecule has 5 heteroatoms. The van der Waals surface area contributed by atoms with E-state index in [4.69, 9.17) is 9.47 Å². The fraction of sp³-hybridized carbons (Fsp3) is 0.571. The molecule has 1 N–H and O–H groups in total. The predicted molar refractivity (Wildman–Crippen MR) is 82.1 cm³/mol. The third-order valence-electron chi connectivity index (χ3n) is 3.03. The molecular formula is C14H23BrN2O2. The lowest BCUT2D eigenvalue weighted by Crippen LogP contribution is -2.28. The second-order valence-corrected chi connectivity index (χ2v) is 5.24. The number of methoxy groups -OCH3 is 2. The van der Waals surface area contributed by atoms with Gasteiger partial charge in [0.2, 0.25) is 0 Å². The van der Waals surface area contributed by atoms with Gasteiger partial charge < -0.3 is 19.7 Å². The molecule has 0 fully saturated rings. The number of nitrogens with zero attached hydrogens (tertiary/aromatic N) is 1. The van der Waals surface area contributed by atoms with Gasteiger partial charge in [0, 0.05) is 19.6 Å². The molecule has 1 rings (SSSR count). The van der Waals surface area contributed by atoms with Crippen molar-refractivity contribution in [2.75, 3.05) is 40.9 Å². The Bertz CT molecular complexity index is 399. The van der Waals surface area contributed by atoms with Gasteiger partial charge in [-0.05, 0) is 47.2 Å². The zero-order chi connectivity index (χ0) is 14.3. The van der Waals surface area contributed by atoms with Crippen molar-refractivity contribution in [3.63, 3.8) is 0 Å². The van der Waals surface area contributed by atoms with Gasteiger partial charge >= 0.3 is 0 Å². The molecule has 4 nitrogen and oxygen atoms in total. The Balaban J connectivity index is 2.57. The quantitative estimate of drug-likeness (QED) is 0.742. The van der Waals surface area contributed by atoms with Crippen LogP contribution < -0.4 is 14.8 Å². The van der Waals surface area contributed by atoms with Crippen LogP contribution in [0.15, 0.2) is 16.6 Å². The Morgan fingerprint density at radius 3 is 2.58 bits per heavy atom. The molecule has 0 amide bonds. The van der Waals surface area contributed by atoms with Crippen molar-refractivity contribution in [3.8, 4) is 11.5 Å². The molecule has 0 heterocycles. The molecule has 0 bridgehead atoms. The summed E-state index contributed by atoms with van der Waals surface area (Å²) in [6.07, 6.45) is 0. The summed E-state index contributed by atoms with van der Waals surface area (Å²) in [5, 5.41) is 3.42. The SMILES string of the molecule is CCN(C)CCNCc1cc(Br)c(OC)c(OC)c1. The lowest BCUT2D eigenvalue weighted by Gasteiger charge is -2.15. The summed E-state index contributed by atoms with van der Waals surface area (Å²) in [5.41, 5.74) is 1.17. The smallest absolute Gasteiger partial charge is 0.174 e. The first kappa shape index (κ1) is 16.3. The molecule has 0 aliphatic carbocycles. The molecule has 0 aliphatic heterocycles. The number of hydrogen-bond donors (Lipinski definition) is 1. The highest BCUT2D eigenvalue weighted by Gasteiger charge is 2.10. The normalized spacial score (nSPS) is 10.8. The number of halogens is 1. The highest BCUT2D eigenvalue weighted by molar-refractivity contribution is 9.10. The zero-order valence-electron chi connectivity index (χ0n) is 12.1. The van der Waals surface area contributed by atoms with Crippen LogP contribution in [-0.2, 0) is 6.54 Å². The van der Waals surface area contributed by atoms with Crippen molar-refractivity contribution in [3.05, 3.63) is 22.2 Å². The van der Waals surface area contributed by atoms with Gasteiger partial charge in [-0.25, -0.2) is 0 Å². The second kappa shape index (κ2) is 8.40. The molecule has 0 radical (unpaired) electrons. The monoisotopic (exact) mass is 330 g/mol. The van der Waals surface area contributed by atoms with Gasteiger partial charge in [0.25, 0.3) is 0 Å². The van der Waals surface area contributed by atoms with Crippen LogP contribution in [0.3, 0.4) is 0 Å². The third-order valence-corrected chi connectivity index (χ3v) is 3.62. The Hall–Kier alpha value is -0.780. The summed E-state index contributed by atoms with van der Waals surface area (Å²) in [7, 11) is 5.41. The van der Waals surface area contributed by atoms with Crippen molar-refractivity contribution in [2.45, 2.75) is 13.5 Å². The molecule has 19 heavy (non-hydrogen) atoms. The molecule has 0 aromatic heterocycles. The van der Waals surface area contributed by atoms with Crippen LogP contribution in [0.2, 0.25) is 0 Å². The van der Waals surface area contributed by atoms with E-state index in [1.165, 1.54) is 5.56 Å². The molecule has 0 aliphatic rings. The highest BCUT2D eigenvalue weighted by atomic mass is 79.9. The molecule has 0 saturated heterocycles. The fourth-order valence-electron chi connectivity index (χ4n) is 1.73. The van der Waals surface area contributed by atoms with Crippen LogP contribution in [-0.4, -0.2) is 45.8 Å². The third kappa shape index (κ3) is 5.01. The van der Waals surface area contributed by atoms with Gasteiger partial charge in [-0.15, -0.1) is 0 Å². The zero-order valence-corrected chi connectivity index (χ0v) is 13.7. The van der Waals surface area contributed by atoms with Crippen molar-refractivity contribution >= 4 is 15.9 Å². The van der Waals surface area contributed by atoms with Gasteiger partial charge in [0.15, 0.2) is 11.5 Å². The minimum absolute atomic E-state index is 0.733. The van der Waals surface area contributed by atoms with E-state index in [0.717, 1.165) is 42.2 Å². The maximum Gasteiger partial charge on any atom is 0.174 e. The topological polar surface area (TPSA) is 33.7 Å². The number of likely N-dealkylation sites (N-methyl/N-ethyl adjacent to an activating group) is 1. The average molecular weight is 331 g/mol. The predicted octanol–water partition coefficient (Wildman–Crippen LogP) is 2.51. The number of benzene rings is 1. The standard InChI is InChI=1S/C14H23BrN2O2/c1-5-17(2)7-6-16-10-11-8-12(15)14(19-4)13(9-11)18-3/h8-9,16H,5-7,10H2,1-4H3. The first-order valence-corrected chi connectivity index (χ1v) is 7.21. The summed E-state index contributed by atoms with van der Waals surface area (Å²) in [4.78, 5) is 2.28. The van der Waals surface area contributed by atoms with Crippen LogP contribution >= 0.6 is 15.9 Å². The van der Waals surface area contributed by atoms with E-state index in [-0.39, 0.29) is 0 Å². The van der Waals surface area contributed by atoms with E-state index >= 15 is 0 Å². The van der Waals surface area contributed by atoms with Crippen LogP contribution in [0.25, 0.3) is 0 Å². The molecule has 0 unspecified atom stereocenters. The van der Waals surface area contributed by atoms with E-state index in [1.807, 2.05) is 6.07 Å². The van der Waals surface area contributed by atoms with Crippen LogP contribution in [0.5, 0.6) is 11.5 Å². The van der Waals surface area contributed by atoms with Gasteiger partial charge in [-0.2, -0.15) is 0 Å². The summed E-state index contributed by atoms with van der Waals surface area (Å²) in [6.45, 7) is 6.06. The molecule has 0 atom stereocenters. The summed E-state index contributed by atoms with van der Waals surface area (Å²) in [6, 6.07) is 4.05. The molecule has 0 saturated carbocycles. The first-order valence-electron chi connectivity index (χ1n) is 6.42. The second-order valence-electron chi connectivity index (χ2n) is 4.39. The number of nitrogens with one attached hydrogen (secondary N) is 1. The number of ether oxygens (including phenoxy) is 2. The van der Waals surface area contributed by atoms with Crippen LogP contribution in [0, 0.1) is 0 Å². The largest absolute Gasteiger partial charge is 0.493 e. The van der Waals surface area contributed by atoms with Gasteiger partial charge in [0.05, 0.1) is 18.7 Å².